The maximum absolute atomic E-state index is 13.2. The fourth-order valence-electron chi connectivity index (χ4n) is 3.47. The molecule has 3 aromatic rings. The average molecular weight is 439 g/mol. The van der Waals surface area contributed by atoms with Crippen LogP contribution in [0.25, 0.3) is 0 Å². The maximum atomic E-state index is 13.2. The normalized spacial score (nSPS) is 11.5. The highest BCUT2D eigenvalue weighted by atomic mass is 32.2. The molecule has 0 spiro atoms. The Hall–Kier alpha value is -3.19. The SMILES string of the molecule is Cc1cc(C)n(CC(=O)Nc2cccc(C(C)C)c2)c(=O)c1S(=O)(=O)c1ccccc1. The van der Waals surface area contributed by atoms with E-state index in [1.165, 1.54) is 16.7 Å². The number of anilines is 1. The lowest BCUT2D eigenvalue weighted by Crippen LogP contribution is -2.33. The zero-order valence-electron chi connectivity index (χ0n) is 18.0. The van der Waals surface area contributed by atoms with E-state index in [0.717, 1.165) is 5.56 Å². The summed E-state index contributed by atoms with van der Waals surface area (Å²) < 4.78 is 27.4. The molecule has 31 heavy (non-hydrogen) atoms. The second-order valence-corrected chi connectivity index (χ2v) is 9.72. The molecule has 3 rings (SSSR count). The van der Waals surface area contributed by atoms with E-state index in [1.54, 1.807) is 44.2 Å². The Labute approximate surface area is 182 Å². The molecule has 1 heterocycles. The van der Waals surface area contributed by atoms with Crippen molar-refractivity contribution in [1.82, 2.24) is 4.57 Å². The van der Waals surface area contributed by atoms with E-state index >= 15 is 0 Å². The zero-order chi connectivity index (χ0) is 22.8. The van der Waals surface area contributed by atoms with Gasteiger partial charge in [0.15, 0.2) is 0 Å². The first-order valence-corrected chi connectivity index (χ1v) is 11.5. The molecular weight excluding hydrogens is 412 g/mol. The Balaban J connectivity index is 1.96. The largest absolute Gasteiger partial charge is 0.325 e. The molecule has 6 nitrogen and oxygen atoms in total. The summed E-state index contributed by atoms with van der Waals surface area (Å²) in [5.41, 5.74) is 1.88. The van der Waals surface area contributed by atoms with Crippen LogP contribution in [0.1, 0.15) is 36.6 Å². The highest BCUT2D eigenvalue weighted by Crippen LogP contribution is 2.22. The van der Waals surface area contributed by atoms with Crippen LogP contribution in [-0.4, -0.2) is 18.9 Å². The highest BCUT2D eigenvalue weighted by Gasteiger charge is 2.26. The van der Waals surface area contributed by atoms with Gasteiger partial charge in [0.2, 0.25) is 15.7 Å². The van der Waals surface area contributed by atoms with Crippen LogP contribution in [0, 0.1) is 13.8 Å². The number of carbonyl (C=O) groups excluding carboxylic acids is 1. The van der Waals surface area contributed by atoms with Crippen molar-refractivity contribution in [1.29, 1.82) is 0 Å². The van der Waals surface area contributed by atoms with Crippen molar-refractivity contribution in [3.63, 3.8) is 0 Å². The lowest BCUT2D eigenvalue weighted by Gasteiger charge is -2.15. The number of amides is 1. The minimum absolute atomic E-state index is 0.0422. The van der Waals surface area contributed by atoms with E-state index in [1.807, 2.05) is 18.2 Å². The van der Waals surface area contributed by atoms with Crippen LogP contribution in [0.5, 0.6) is 0 Å². The van der Waals surface area contributed by atoms with Crippen LogP contribution in [0.3, 0.4) is 0 Å². The Morgan fingerprint density at radius 1 is 1.00 bits per heavy atom. The average Bonchev–Trinajstić information content (AvgIpc) is 2.71. The fraction of sp³-hybridized carbons (Fsp3) is 0.250. The van der Waals surface area contributed by atoms with E-state index in [2.05, 4.69) is 19.2 Å². The van der Waals surface area contributed by atoms with Gasteiger partial charge in [-0.3, -0.25) is 9.59 Å². The number of aryl methyl sites for hydroxylation is 2. The minimum Gasteiger partial charge on any atom is -0.325 e. The Kier molecular flexibility index (Phi) is 6.45. The molecule has 0 aliphatic carbocycles. The van der Waals surface area contributed by atoms with Crippen LogP contribution in [0.15, 0.2) is 75.2 Å². The molecule has 0 aliphatic heterocycles. The van der Waals surface area contributed by atoms with Crippen LogP contribution >= 0.6 is 0 Å². The third-order valence-electron chi connectivity index (χ3n) is 5.11. The molecule has 0 radical (unpaired) electrons. The Morgan fingerprint density at radius 3 is 2.32 bits per heavy atom. The van der Waals surface area contributed by atoms with E-state index in [-0.39, 0.29) is 16.3 Å². The second kappa shape index (κ2) is 8.89. The summed E-state index contributed by atoms with van der Waals surface area (Å²) in [6.07, 6.45) is 0. The number of sulfone groups is 1. The summed E-state index contributed by atoms with van der Waals surface area (Å²) in [4.78, 5) is 25.6. The Bertz CT molecular complexity index is 1280. The van der Waals surface area contributed by atoms with Gasteiger partial charge in [0, 0.05) is 11.4 Å². The molecule has 0 atom stereocenters. The van der Waals surface area contributed by atoms with Crippen molar-refractivity contribution in [3.8, 4) is 0 Å². The molecule has 0 bridgehead atoms. The van der Waals surface area contributed by atoms with Crippen LogP contribution < -0.4 is 10.9 Å². The van der Waals surface area contributed by atoms with Crippen molar-refractivity contribution >= 4 is 21.4 Å². The van der Waals surface area contributed by atoms with E-state index in [9.17, 15) is 18.0 Å². The van der Waals surface area contributed by atoms with Gasteiger partial charge >= 0.3 is 0 Å². The molecule has 0 unspecified atom stereocenters. The van der Waals surface area contributed by atoms with Crippen molar-refractivity contribution < 1.29 is 13.2 Å². The smallest absolute Gasteiger partial charge is 0.270 e. The molecule has 1 aromatic heterocycles. The van der Waals surface area contributed by atoms with Gasteiger partial charge in [-0.15, -0.1) is 0 Å². The maximum Gasteiger partial charge on any atom is 0.270 e. The van der Waals surface area contributed by atoms with Gasteiger partial charge in [0.1, 0.15) is 11.4 Å². The van der Waals surface area contributed by atoms with E-state index in [0.29, 0.717) is 22.9 Å². The lowest BCUT2D eigenvalue weighted by molar-refractivity contribution is -0.116. The number of nitrogens with zero attached hydrogens (tertiary/aromatic N) is 1. The van der Waals surface area contributed by atoms with Crippen LogP contribution in [-0.2, 0) is 21.2 Å². The monoisotopic (exact) mass is 438 g/mol. The first-order chi connectivity index (χ1) is 14.6. The van der Waals surface area contributed by atoms with E-state index in [4.69, 9.17) is 0 Å². The summed E-state index contributed by atoms with van der Waals surface area (Å²) in [6, 6.07) is 16.9. The fourth-order valence-corrected chi connectivity index (χ4v) is 5.04. The summed E-state index contributed by atoms with van der Waals surface area (Å²) in [5.74, 6) is -0.0948. The number of rotatable bonds is 6. The first-order valence-electron chi connectivity index (χ1n) is 10.0. The molecule has 0 fully saturated rings. The zero-order valence-corrected chi connectivity index (χ0v) is 18.9. The van der Waals surface area contributed by atoms with Crippen molar-refractivity contribution in [3.05, 3.63) is 87.8 Å². The van der Waals surface area contributed by atoms with Gasteiger partial charge in [-0.25, -0.2) is 8.42 Å². The number of hydrogen-bond acceptors (Lipinski definition) is 4. The van der Waals surface area contributed by atoms with Gasteiger partial charge in [-0.2, -0.15) is 0 Å². The molecule has 2 aromatic carbocycles. The third kappa shape index (κ3) is 4.77. The lowest BCUT2D eigenvalue weighted by atomic mass is 10.0. The first kappa shape index (κ1) is 22.5. The number of carbonyl (C=O) groups is 1. The summed E-state index contributed by atoms with van der Waals surface area (Å²) in [7, 11) is -4.01. The molecule has 7 heteroatoms. The number of nitrogens with one attached hydrogen (secondary N) is 1. The summed E-state index contributed by atoms with van der Waals surface area (Å²) >= 11 is 0. The molecule has 0 aliphatic rings. The van der Waals surface area contributed by atoms with Gasteiger partial charge in [-0.1, -0.05) is 44.2 Å². The number of hydrogen-bond donors (Lipinski definition) is 1. The standard InChI is InChI=1S/C24H26N2O4S/c1-16(2)19-9-8-10-20(14-19)25-22(27)15-26-18(4)13-17(3)23(24(26)28)31(29,30)21-11-6-5-7-12-21/h5-14,16H,15H2,1-4H3,(H,25,27). The molecule has 162 valence electrons. The third-order valence-corrected chi connectivity index (χ3v) is 7.04. The molecule has 1 amide bonds. The van der Waals surface area contributed by atoms with Crippen molar-refractivity contribution in [2.75, 3.05) is 5.32 Å². The van der Waals surface area contributed by atoms with Crippen molar-refractivity contribution in [2.45, 2.75) is 49.9 Å². The predicted octanol–water partition coefficient (Wildman–Crippen LogP) is 4.06. The van der Waals surface area contributed by atoms with Crippen LogP contribution in [0.4, 0.5) is 5.69 Å². The van der Waals surface area contributed by atoms with E-state index < -0.39 is 21.3 Å². The molecule has 1 N–H and O–H groups in total. The van der Waals surface area contributed by atoms with Crippen molar-refractivity contribution in [2.24, 2.45) is 0 Å². The van der Waals surface area contributed by atoms with Gasteiger partial charge in [0.05, 0.1) is 4.90 Å². The van der Waals surface area contributed by atoms with Gasteiger partial charge in [-0.05, 0) is 61.2 Å². The molecule has 0 saturated heterocycles. The number of benzene rings is 2. The predicted molar refractivity (Wildman–Crippen MR) is 121 cm³/mol. The molecular formula is C24H26N2O4S. The van der Waals surface area contributed by atoms with Gasteiger partial charge < -0.3 is 9.88 Å². The minimum atomic E-state index is -4.01. The summed E-state index contributed by atoms with van der Waals surface area (Å²) in [6.45, 7) is 7.11. The quantitative estimate of drug-likeness (QED) is 0.629. The second-order valence-electron chi connectivity index (χ2n) is 7.83. The van der Waals surface area contributed by atoms with Crippen LogP contribution in [0.2, 0.25) is 0 Å². The topological polar surface area (TPSA) is 85.2 Å². The summed E-state index contributed by atoms with van der Waals surface area (Å²) in [5, 5.41) is 2.80. The molecule has 0 saturated carbocycles. The van der Waals surface area contributed by atoms with Gasteiger partial charge in [0.25, 0.3) is 5.56 Å². The Morgan fingerprint density at radius 2 is 1.68 bits per heavy atom. The number of aromatic nitrogens is 1. The number of pyridine rings is 1. The highest BCUT2D eigenvalue weighted by molar-refractivity contribution is 7.91.